The van der Waals surface area contributed by atoms with Gasteiger partial charge in [0.1, 0.15) is 11.4 Å². The molecule has 0 radical (unpaired) electrons. The van der Waals surface area contributed by atoms with Crippen LogP contribution in [0.1, 0.15) is 13.8 Å². The number of hydrogen-bond acceptors (Lipinski definition) is 6. The van der Waals surface area contributed by atoms with Crippen LogP contribution >= 0.6 is 0 Å². The van der Waals surface area contributed by atoms with Crippen LogP contribution in [0.4, 0.5) is 11.4 Å². The van der Waals surface area contributed by atoms with E-state index in [1.165, 1.54) is 7.11 Å². The lowest BCUT2D eigenvalue weighted by atomic mass is 10.2. The van der Waals surface area contributed by atoms with Gasteiger partial charge in [-0.25, -0.2) is 0 Å². The molecule has 8 heteroatoms. The molecule has 0 saturated heterocycles. The standard InChI is InChI=1S/C11H16N2O2.CH4O3S/c1-4-13(5-2)9-6-7-10(12-14)11(8-9)15-3;1-5(2,3)4/h6-8H,4-5H2,1-3H3;1H3,(H,2,3,4). The van der Waals surface area contributed by atoms with Gasteiger partial charge in [-0.3, -0.25) is 4.55 Å². The number of benzene rings is 1. The smallest absolute Gasteiger partial charge is 0.261 e. The summed E-state index contributed by atoms with van der Waals surface area (Å²) in [6.07, 6.45) is 0.715. The first kappa shape index (κ1) is 18.3. The Hall–Kier alpha value is -1.67. The highest BCUT2D eigenvalue weighted by atomic mass is 32.2. The lowest BCUT2D eigenvalue weighted by Crippen LogP contribution is -2.21. The molecule has 0 amide bonds. The molecular formula is C12H20N2O5S. The van der Waals surface area contributed by atoms with Gasteiger partial charge >= 0.3 is 0 Å². The fourth-order valence-corrected chi connectivity index (χ4v) is 1.53. The molecule has 1 N–H and O–H groups in total. The Balaban J connectivity index is 0.000000621. The molecule has 114 valence electrons. The van der Waals surface area contributed by atoms with Crippen LogP contribution < -0.4 is 9.64 Å². The van der Waals surface area contributed by atoms with Gasteiger partial charge in [0.15, 0.2) is 0 Å². The molecule has 0 fully saturated rings. The SMILES string of the molecule is CCN(CC)c1ccc(N=O)c(OC)c1.CS(=O)(=O)O. The van der Waals surface area contributed by atoms with Crippen LogP contribution in [0.3, 0.4) is 0 Å². The van der Waals surface area contributed by atoms with E-state index in [4.69, 9.17) is 9.29 Å². The van der Waals surface area contributed by atoms with Crippen molar-refractivity contribution in [2.75, 3.05) is 31.4 Å². The van der Waals surface area contributed by atoms with Crippen LogP contribution in [0.25, 0.3) is 0 Å². The van der Waals surface area contributed by atoms with E-state index >= 15 is 0 Å². The molecular weight excluding hydrogens is 284 g/mol. The largest absolute Gasteiger partial charge is 0.494 e. The molecule has 0 aromatic heterocycles. The zero-order chi connectivity index (χ0) is 15.8. The molecule has 1 rings (SSSR count). The molecule has 7 nitrogen and oxygen atoms in total. The molecule has 0 aliphatic rings. The van der Waals surface area contributed by atoms with Gasteiger partial charge in [-0.15, -0.1) is 4.91 Å². The molecule has 1 aromatic carbocycles. The third-order valence-electron chi connectivity index (χ3n) is 2.39. The summed E-state index contributed by atoms with van der Waals surface area (Å²) in [5.41, 5.74) is 1.39. The van der Waals surface area contributed by atoms with Crippen LogP contribution in [0, 0.1) is 4.91 Å². The maximum atomic E-state index is 10.5. The fraction of sp³-hybridized carbons (Fsp3) is 0.500. The van der Waals surface area contributed by atoms with E-state index in [0.717, 1.165) is 18.8 Å². The summed E-state index contributed by atoms with van der Waals surface area (Å²) in [5.74, 6) is 0.523. The summed E-state index contributed by atoms with van der Waals surface area (Å²) in [6.45, 7) is 6.02. The predicted molar refractivity (Wildman–Crippen MR) is 79.5 cm³/mol. The first-order valence-corrected chi connectivity index (χ1v) is 7.80. The molecule has 0 heterocycles. The second-order valence-corrected chi connectivity index (χ2v) is 5.32. The monoisotopic (exact) mass is 304 g/mol. The normalized spacial score (nSPS) is 10.2. The number of ether oxygens (including phenoxy) is 1. The molecule has 0 saturated carbocycles. The van der Waals surface area contributed by atoms with Crippen molar-refractivity contribution in [3.63, 3.8) is 0 Å². The summed E-state index contributed by atoms with van der Waals surface area (Å²) in [5, 5.41) is 2.90. The highest BCUT2D eigenvalue weighted by Gasteiger charge is 2.07. The predicted octanol–water partition coefficient (Wildman–Crippen LogP) is 2.44. The Morgan fingerprint density at radius 1 is 1.30 bits per heavy atom. The van der Waals surface area contributed by atoms with Crippen molar-refractivity contribution >= 4 is 21.5 Å². The van der Waals surface area contributed by atoms with Crippen LogP contribution in [0.15, 0.2) is 23.4 Å². The highest BCUT2D eigenvalue weighted by molar-refractivity contribution is 7.85. The zero-order valence-corrected chi connectivity index (χ0v) is 12.8. The average Bonchev–Trinajstić information content (AvgIpc) is 2.38. The van der Waals surface area contributed by atoms with E-state index in [2.05, 4.69) is 23.9 Å². The number of methoxy groups -OCH3 is 1. The lowest BCUT2D eigenvalue weighted by Gasteiger charge is -2.21. The topological polar surface area (TPSA) is 96.3 Å². The average molecular weight is 304 g/mol. The molecule has 1 aromatic rings. The van der Waals surface area contributed by atoms with Crippen molar-refractivity contribution in [2.45, 2.75) is 13.8 Å². The summed E-state index contributed by atoms with van der Waals surface area (Å²) < 4.78 is 31.0. The Bertz CT molecular complexity index is 519. The van der Waals surface area contributed by atoms with E-state index in [-0.39, 0.29) is 0 Å². The van der Waals surface area contributed by atoms with Gasteiger partial charge in [0.25, 0.3) is 10.1 Å². The summed E-state index contributed by atoms with van der Waals surface area (Å²) in [4.78, 5) is 12.6. The quantitative estimate of drug-likeness (QED) is 0.663. The van der Waals surface area contributed by atoms with E-state index in [1.807, 2.05) is 12.1 Å². The Kier molecular flexibility index (Phi) is 7.78. The third kappa shape index (κ3) is 7.05. The van der Waals surface area contributed by atoms with Crippen molar-refractivity contribution < 1.29 is 17.7 Å². The van der Waals surface area contributed by atoms with Crippen LogP contribution in [0.2, 0.25) is 0 Å². The Labute approximate surface area is 119 Å². The lowest BCUT2D eigenvalue weighted by molar-refractivity contribution is 0.416. The minimum atomic E-state index is -3.67. The summed E-state index contributed by atoms with van der Waals surface area (Å²) in [7, 11) is -2.13. The van der Waals surface area contributed by atoms with Gasteiger partial charge in [-0.1, -0.05) is 0 Å². The maximum absolute atomic E-state index is 10.5. The Morgan fingerprint density at radius 3 is 2.15 bits per heavy atom. The van der Waals surface area contributed by atoms with E-state index in [9.17, 15) is 13.3 Å². The van der Waals surface area contributed by atoms with Crippen molar-refractivity contribution in [1.29, 1.82) is 0 Å². The first-order chi connectivity index (χ1) is 9.26. The first-order valence-electron chi connectivity index (χ1n) is 5.95. The second kappa shape index (κ2) is 8.49. The van der Waals surface area contributed by atoms with Crippen molar-refractivity contribution in [2.24, 2.45) is 5.18 Å². The van der Waals surface area contributed by atoms with Gasteiger partial charge in [-0.2, -0.15) is 8.42 Å². The maximum Gasteiger partial charge on any atom is 0.261 e. The Morgan fingerprint density at radius 2 is 1.80 bits per heavy atom. The third-order valence-corrected chi connectivity index (χ3v) is 2.39. The number of nitrogens with zero attached hydrogens (tertiary/aromatic N) is 2. The second-order valence-electron chi connectivity index (χ2n) is 3.85. The fourth-order valence-electron chi connectivity index (χ4n) is 1.53. The zero-order valence-electron chi connectivity index (χ0n) is 12.0. The molecule has 0 spiro atoms. The van der Waals surface area contributed by atoms with Gasteiger partial charge < -0.3 is 9.64 Å². The van der Waals surface area contributed by atoms with Gasteiger partial charge in [0, 0.05) is 24.8 Å². The highest BCUT2D eigenvalue weighted by Crippen LogP contribution is 2.31. The van der Waals surface area contributed by atoms with Crippen LogP contribution in [0.5, 0.6) is 5.75 Å². The number of nitroso groups, excluding NO2 is 1. The van der Waals surface area contributed by atoms with Crippen LogP contribution in [-0.2, 0) is 10.1 Å². The van der Waals surface area contributed by atoms with Crippen molar-refractivity contribution in [1.82, 2.24) is 0 Å². The number of rotatable bonds is 5. The van der Waals surface area contributed by atoms with Crippen molar-refractivity contribution in [3.8, 4) is 5.75 Å². The molecule has 0 atom stereocenters. The minimum absolute atomic E-state index is 0.341. The number of hydrogen-bond donors (Lipinski definition) is 1. The molecule has 0 aliphatic heterocycles. The van der Waals surface area contributed by atoms with E-state index < -0.39 is 10.1 Å². The summed E-state index contributed by atoms with van der Waals surface area (Å²) >= 11 is 0. The summed E-state index contributed by atoms with van der Waals surface area (Å²) in [6, 6.07) is 5.40. The molecule has 0 bridgehead atoms. The van der Waals surface area contributed by atoms with Crippen molar-refractivity contribution in [3.05, 3.63) is 23.1 Å². The van der Waals surface area contributed by atoms with Gasteiger partial charge in [-0.05, 0) is 31.2 Å². The number of anilines is 1. The minimum Gasteiger partial charge on any atom is -0.494 e. The molecule has 20 heavy (non-hydrogen) atoms. The molecule has 0 unspecified atom stereocenters. The van der Waals surface area contributed by atoms with Crippen LogP contribution in [-0.4, -0.2) is 39.4 Å². The molecule has 0 aliphatic carbocycles. The van der Waals surface area contributed by atoms with Gasteiger partial charge in [0.2, 0.25) is 0 Å². The van der Waals surface area contributed by atoms with E-state index in [0.29, 0.717) is 17.7 Å². The van der Waals surface area contributed by atoms with Gasteiger partial charge in [0.05, 0.1) is 13.4 Å². The van der Waals surface area contributed by atoms with E-state index in [1.54, 1.807) is 6.07 Å².